The van der Waals surface area contributed by atoms with E-state index < -0.39 is 15.3 Å². The molecule has 1 aromatic rings. The highest BCUT2D eigenvalue weighted by Crippen LogP contribution is 2.25. The Bertz CT molecular complexity index is 516. The van der Waals surface area contributed by atoms with E-state index in [9.17, 15) is 8.42 Å². The van der Waals surface area contributed by atoms with Gasteiger partial charge in [0.25, 0.3) is 0 Å². The Morgan fingerprint density at radius 2 is 2.19 bits per heavy atom. The number of nitrogens with zero attached hydrogens (tertiary/aromatic N) is 1. The molecule has 0 amide bonds. The number of ether oxygens (including phenoxy) is 1. The first-order valence-electron chi connectivity index (χ1n) is 7.45. The van der Waals surface area contributed by atoms with Crippen LogP contribution in [0.15, 0.2) is 11.6 Å². The third-order valence-electron chi connectivity index (χ3n) is 4.06. The zero-order valence-electron chi connectivity index (χ0n) is 12.6. The lowest BCUT2D eigenvalue weighted by Crippen LogP contribution is -2.43. The maximum Gasteiger partial charge on any atom is 0.217 e. The molecule has 120 valence electrons. The van der Waals surface area contributed by atoms with Gasteiger partial charge in [-0.3, -0.25) is 0 Å². The molecule has 1 unspecified atom stereocenters. The summed E-state index contributed by atoms with van der Waals surface area (Å²) in [5, 5.41) is 2.43. The lowest BCUT2D eigenvalue weighted by Gasteiger charge is -2.24. The third kappa shape index (κ3) is 4.48. The van der Waals surface area contributed by atoms with Crippen molar-refractivity contribution in [2.45, 2.75) is 56.3 Å². The molecule has 1 saturated carbocycles. The molecule has 1 aliphatic rings. The van der Waals surface area contributed by atoms with Crippen LogP contribution >= 0.6 is 11.3 Å². The third-order valence-corrected chi connectivity index (χ3v) is 6.97. The van der Waals surface area contributed by atoms with Crippen molar-refractivity contribution in [3.05, 3.63) is 16.6 Å². The van der Waals surface area contributed by atoms with Crippen molar-refractivity contribution >= 4 is 21.4 Å². The minimum Gasteiger partial charge on any atom is -0.380 e. The summed E-state index contributed by atoms with van der Waals surface area (Å²) in [6.07, 6.45) is 6.13. The second-order valence-corrected chi connectivity index (χ2v) is 8.53. The van der Waals surface area contributed by atoms with Crippen molar-refractivity contribution in [1.29, 1.82) is 0 Å². The average Bonchev–Trinajstić information content (AvgIpc) is 2.89. The van der Waals surface area contributed by atoms with E-state index in [0.29, 0.717) is 13.0 Å². The Balaban J connectivity index is 1.99. The quantitative estimate of drug-likeness (QED) is 0.813. The summed E-state index contributed by atoms with van der Waals surface area (Å²) < 4.78 is 33.3. The molecule has 1 heterocycles. The van der Waals surface area contributed by atoms with E-state index in [4.69, 9.17) is 4.74 Å². The maximum atomic E-state index is 12.6. The first kappa shape index (κ1) is 16.9. The van der Waals surface area contributed by atoms with Crippen LogP contribution in [0.1, 0.15) is 50.0 Å². The van der Waals surface area contributed by atoms with Gasteiger partial charge in [0.2, 0.25) is 10.0 Å². The van der Waals surface area contributed by atoms with Gasteiger partial charge in [-0.05, 0) is 12.8 Å². The summed E-state index contributed by atoms with van der Waals surface area (Å²) in [5.41, 5.74) is 0. The van der Waals surface area contributed by atoms with Crippen molar-refractivity contribution < 1.29 is 13.2 Å². The van der Waals surface area contributed by atoms with E-state index in [2.05, 4.69) is 9.71 Å². The molecule has 21 heavy (non-hydrogen) atoms. The molecule has 2 rings (SSSR count). The highest BCUT2D eigenvalue weighted by Gasteiger charge is 2.34. The predicted octanol–water partition coefficient (Wildman–Crippen LogP) is 2.51. The molecule has 0 bridgehead atoms. The van der Waals surface area contributed by atoms with Crippen LogP contribution in [0.25, 0.3) is 0 Å². The van der Waals surface area contributed by atoms with Gasteiger partial charge < -0.3 is 4.74 Å². The van der Waals surface area contributed by atoms with Gasteiger partial charge in [0, 0.05) is 31.1 Å². The zero-order valence-corrected chi connectivity index (χ0v) is 14.3. The van der Waals surface area contributed by atoms with E-state index in [1.807, 2.05) is 12.3 Å². The van der Waals surface area contributed by atoms with E-state index in [1.54, 1.807) is 24.6 Å². The SMILES string of the molecule is CO[C@@H]1CCCCC[C@@H]1S(=O)(=O)NCC(C)c1nccs1. The van der Waals surface area contributed by atoms with Crippen molar-refractivity contribution in [1.82, 2.24) is 9.71 Å². The van der Waals surface area contributed by atoms with Crippen LogP contribution < -0.4 is 4.72 Å². The number of rotatable bonds is 6. The Kier molecular flexibility index (Phi) is 6.16. The van der Waals surface area contributed by atoms with Gasteiger partial charge >= 0.3 is 0 Å². The summed E-state index contributed by atoms with van der Waals surface area (Å²) in [7, 11) is -1.74. The number of thiazole rings is 1. The first-order valence-corrected chi connectivity index (χ1v) is 9.88. The van der Waals surface area contributed by atoms with Gasteiger partial charge in [-0.2, -0.15) is 0 Å². The van der Waals surface area contributed by atoms with E-state index >= 15 is 0 Å². The van der Waals surface area contributed by atoms with E-state index in [1.165, 1.54) is 0 Å². The summed E-state index contributed by atoms with van der Waals surface area (Å²) in [4.78, 5) is 4.23. The molecule has 1 aliphatic carbocycles. The summed E-state index contributed by atoms with van der Waals surface area (Å²) in [6, 6.07) is 0. The molecule has 1 aromatic heterocycles. The minimum atomic E-state index is -3.35. The molecule has 0 saturated heterocycles. The molecule has 3 atom stereocenters. The van der Waals surface area contributed by atoms with Gasteiger partial charge in [0.1, 0.15) is 5.25 Å². The summed E-state index contributed by atoms with van der Waals surface area (Å²) in [5.74, 6) is 0.0894. The molecule has 7 heteroatoms. The molecule has 1 N–H and O–H groups in total. The molecule has 0 aliphatic heterocycles. The fourth-order valence-electron chi connectivity index (χ4n) is 2.78. The van der Waals surface area contributed by atoms with Crippen LogP contribution in [0.4, 0.5) is 0 Å². The lowest BCUT2D eigenvalue weighted by atomic mass is 10.1. The van der Waals surface area contributed by atoms with Gasteiger partial charge in [-0.1, -0.05) is 26.2 Å². The average molecular weight is 332 g/mol. The molecule has 0 radical (unpaired) electrons. The largest absolute Gasteiger partial charge is 0.380 e. The van der Waals surface area contributed by atoms with Crippen molar-refractivity contribution in [2.24, 2.45) is 0 Å². The molecule has 0 spiro atoms. The second kappa shape index (κ2) is 7.67. The van der Waals surface area contributed by atoms with Crippen LogP contribution in [-0.2, 0) is 14.8 Å². The molecule has 1 fully saturated rings. The van der Waals surface area contributed by atoms with Gasteiger partial charge in [0.05, 0.1) is 11.1 Å². The standard InChI is InChI=1S/C14H24N2O3S2/c1-11(14-15-8-9-20-14)10-16-21(17,18)13-7-5-3-4-6-12(13)19-2/h8-9,11-13,16H,3-7,10H2,1-2H3/t11?,12-,13+/m1/s1. The fourth-order valence-corrected chi connectivity index (χ4v) is 5.30. The summed E-state index contributed by atoms with van der Waals surface area (Å²) >= 11 is 1.55. The molecular weight excluding hydrogens is 308 g/mol. The smallest absolute Gasteiger partial charge is 0.217 e. The van der Waals surface area contributed by atoms with Crippen LogP contribution in [0, 0.1) is 0 Å². The normalized spacial score (nSPS) is 25.4. The number of aromatic nitrogens is 1. The predicted molar refractivity (Wildman–Crippen MR) is 85.1 cm³/mol. The Morgan fingerprint density at radius 3 is 2.86 bits per heavy atom. The zero-order chi connectivity index (χ0) is 15.3. The Morgan fingerprint density at radius 1 is 1.43 bits per heavy atom. The van der Waals surface area contributed by atoms with Crippen molar-refractivity contribution in [2.75, 3.05) is 13.7 Å². The number of methoxy groups -OCH3 is 1. The molecular formula is C14H24N2O3S2. The number of hydrogen-bond donors (Lipinski definition) is 1. The maximum absolute atomic E-state index is 12.6. The lowest BCUT2D eigenvalue weighted by molar-refractivity contribution is 0.0921. The van der Waals surface area contributed by atoms with Crippen LogP contribution in [-0.4, -0.2) is 38.4 Å². The number of sulfonamides is 1. The Hall–Kier alpha value is -0.500. The van der Waals surface area contributed by atoms with Gasteiger partial charge in [0.15, 0.2) is 0 Å². The van der Waals surface area contributed by atoms with E-state index in [0.717, 1.165) is 30.7 Å². The van der Waals surface area contributed by atoms with Crippen molar-refractivity contribution in [3.8, 4) is 0 Å². The fraction of sp³-hybridized carbons (Fsp3) is 0.786. The molecule has 5 nitrogen and oxygen atoms in total. The van der Waals surface area contributed by atoms with Crippen molar-refractivity contribution in [3.63, 3.8) is 0 Å². The van der Waals surface area contributed by atoms with Gasteiger partial charge in [-0.25, -0.2) is 18.1 Å². The molecule has 0 aromatic carbocycles. The van der Waals surface area contributed by atoms with Crippen LogP contribution in [0.2, 0.25) is 0 Å². The minimum absolute atomic E-state index is 0.0894. The number of hydrogen-bond acceptors (Lipinski definition) is 5. The monoisotopic (exact) mass is 332 g/mol. The van der Waals surface area contributed by atoms with Crippen LogP contribution in [0.3, 0.4) is 0 Å². The van der Waals surface area contributed by atoms with E-state index in [-0.39, 0.29) is 12.0 Å². The van der Waals surface area contributed by atoms with Gasteiger partial charge in [-0.15, -0.1) is 11.3 Å². The highest BCUT2D eigenvalue weighted by atomic mass is 32.2. The first-order chi connectivity index (χ1) is 10.0. The second-order valence-electron chi connectivity index (χ2n) is 5.62. The summed E-state index contributed by atoms with van der Waals surface area (Å²) in [6.45, 7) is 2.38. The highest BCUT2D eigenvalue weighted by molar-refractivity contribution is 7.90. The van der Waals surface area contributed by atoms with Crippen LogP contribution in [0.5, 0.6) is 0 Å². The number of nitrogens with one attached hydrogen (secondary N) is 1. The topological polar surface area (TPSA) is 68.3 Å². The Labute approximate surface area is 131 Å².